The molecule has 0 radical (unpaired) electrons. The molecule has 3 heteroatoms. The van der Waals surface area contributed by atoms with Gasteiger partial charge in [-0.05, 0) is 37.8 Å². The van der Waals surface area contributed by atoms with Crippen LogP contribution in [0.15, 0.2) is 30.3 Å². The zero-order valence-corrected chi connectivity index (χ0v) is 15.6. The van der Waals surface area contributed by atoms with Gasteiger partial charge in [0, 0.05) is 11.6 Å². The zero-order valence-electron chi connectivity index (χ0n) is 15.6. The minimum atomic E-state index is -0.289. The topological polar surface area (TPSA) is 35.5 Å². The van der Waals surface area contributed by atoms with Gasteiger partial charge in [-0.1, -0.05) is 58.2 Å². The van der Waals surface area contributed by atoms with Crippen LogP contribution in [-0.2, 0) is 9.53 Å². The van der Waals surface area contributed by atoms with Crippen LogP contribution in [0.25, 0.3) is 6.08 Å². The SMILES string of the molecule is CCCCC(CC)COC(=O)C=Cc1ccccc1OC(C)CC. The lowest BCUT2D eigenvalue weighted by atomic mass is 10.0. The Hall–Kier alpha value is -1.77. The molecule has 0 N–H and O–H groups in total. The second-order valence-electron chi connectivity index (χ2n) is 6.25. The summed E-state index contributed by atoms with van der Waals surface area (Å²) in [5.74, 6) is 0.969. The van der Waals surface area contributed by atoms with Crippen molar-refractivity contribution in [3.8, 4) is 5.75 Å². The van der Waals surface area contributed by atoms with Gasteiger partial charge in [-0.2, -0.15) is 0 Å². The number of carbonyl (C=O) groups is 1. The van der Waals surface area contributed by atoms with E-state index in [0.717, 1.165) is 30.6 Å². The van der Waals surface area contributed by atoms with Gasteiger partial charge in [-0.25, -0.2) is 4.79 Å². The van der Waals surface area contributed by atoms with E-state index in [1.807, 2.05) is 31.2 Å². The van der Waals surface area contributed by atoms with Crippen LogP contribution in [0.2, 0.25) is 0 Å². The fraction of sp³-hybridized carbons (Fsp3) is 0.571. The lowest BCUT2D eigenvalue weighted by Gasteiger charge is -2.15. The minimum absolute atomic E-state index is 0.148. The maximum atomic E-state index is 12.0. The first-order chi connectivity index (χ1) is 11.6. The second kappa shape index (κ2) is 11.7. The number of unbranched alkanes of at least 4 members (excludes halogenated alkanes) is 1. The highest BCUT2D eigenvalue weighted by Crippen LogP contribution is 2.21. The predicted molar refractivity (Wildman–Crippen MR) is 100 cm³/mol. The highest BCUT2D eigenvalue weighted by molar-refractivity contribution is 5.87. The number of ether oxygens (including phenoxy) is 2. The lowest BCUT2D eigenvalue weighted by molar-refractivity contribution is -0.139. The molecular weight excluding hydrogens is 300 g/mol. The molecule has 1 rings (SSSR count). The Morgan fingerprint density at radius 1 is 1.17 bits per heavy atom. The molecule has 0 spiro atoms. The van der Waals surface area contributed by atoms with Crippen LogP contribution in [0, 0.1) is 5.92 Å². The quantitative estimate of drug-likeness (QED) is 0.389. The predicted octanol–water partition coefficient (Wildman–Crippen LogP) is 5.64. The van der Waals surface area contributed by atoms with E-state index >= 15 is 0 Å². The van der Waals surface area contributed by atoms with E-state index in [0.29, 0.717) is 12.5 Å². The van der Waals surface area contributed by atoms with E-state index in [9.17, 15) is 4.79 Å². The number of para-hydroxylation sites is 1. The van der Waals surface area contributed by atoms with Crippen LogP contribution in [0.3, 0.4) is 0 Å². The van der Waals surface area contributed by atoms with Gasteiger partial charge in [-0.15, -0.1) is 0 Å². The first kappa shape index (κ1) is 20.3. The number of benzene rings is 1. The van der Waals surface area contributed by atoms with Crippen LogP contribution >= 0.6 is 0 Å². The van der Waals surface area contributed by atoms with E-state index in [1.54, 1.807) is 6.08 Å². The molecule has 24 heavy (non-hydrogen) atoms. The van der Waals surface area contributed by atoms with E-state index < -0.39 is 0 Å². The summed E-state index contributed by atoms with van der Waals surface area (Å²) in [4.78, 5) is 12.0. The fourth-order valence-corrected chi connectivity index (χ4v) is 2.33. The summed E-state index contributed by atoms with van der Waals surface area (Å²) in [7, 11) is 0. The summed E-state index contributed by atoms with van der Waals surface area (Å²) in [6.45, 7) is 8.96. The molecule has 134 valence electrons. The normalized spacial score (nSPS) is 13.7. The molecule has 0 aliphatic rings. The van der Waals surface area contributed by atoms with Crippen molar-refractivity contribution >= 4 is 12.0 Å². The van der Waals surface area contributed by atoms with Crippen LogP contribution in [-0.4, -0.2) is 18.7 Å². The summed E-state index contributed by atoms with van der Waals surface area (Å²) in [6.07, 6.45) is 8.88. The summed E-state index contributed by atoms with van der Waals surface area (Å²) >= 11 is 0. The van der Waals surface area contributed by atoms with Crippen molar-refractivity contribution in [3.05, 3.63) is 35.9 Å². The van der Waals surface area contributed by atoms with E-state index in [-0.39, 0.29) is 12.1 Å². The molecule has 2 unspecified atom stereocenters. The van der Waals surface area contributed by atoms with Crippen molar-refractivity contribution < 1.29 is 14.3 Å². The van der Waals surface area contributed by atoms with Gasteiger partial charge in [0.2, 0.25) is 0 Å². The molecule has 1 aromatic rings. The number of hydrogen-bond donors (Lipinski definition) is 0. The Balaban J connectivity index is 2.57. The lowest BCUT2D eigenvalue weighted by Crippen LogP contribution is -2.12. The van der Waals surface area contributed by atoms with Gasteiger partial charge in [0.1, 0.15) is 5.75 Å². The molecule has 0 amide bonds. The number of esters is 1. The smallest absolute Gasteiger partial charge is 0.330 e. The second-order valence-corrected chi connectivity index (χ2v) is 6.25. The van der Waals surface area contributed by atoms with Gasteiger partial charge in [0.25, 0.3) is 0 Å². The molecule has 1 aromatic carbocycles. The standard InChI is InChI=1S/C21H32O3/c1-5-8-11-18(7-3)16-23-21(22)15-14-19-12-9-10-13-20(19)24-17(4)6-2/h9-10,12-15,17-18H,5-8,11,16H2,1-4H3. The first-order valence-electron chi connectivity index (χ1n) is 9.21. The highest BCUT2D eigenvalue weighted by atomic mass is 16.5. The third-order valence-corrected chi connectivity index (χ3v) is 4.23. The van der Waals surface area contributed by atoms with Crippen molar-refractivity contribution in [2.24, 2.45) is 5.92 Å². The minimum Gasteiger partial charge on any atom is -0.490 e. The van der Waals surface area contributed by atoms with Crippen molar-refractivity contribution in [2.45, 2.75) is 65.9 Å². The molecule has 0 aromatic heterocycles. The fourth-order valence-electron chi connectivity index (χ4n) is 2.33. The molecule has 0 aliphatic heterocycles. The third kappa shape index (κ3) is 7.67. The third-order valence-electron chi connectivity index (χ3n) is 4.23. The Bertz CT molecular complexity index is 508. The maximum Gasteiger partial charge on any atom is 0.330 e. The molecule has 0 heterocycles. The summed E-state index contributed by atoms with van der Waals surface area (Å²) in [5.41, 5.74) is 0.896. The molecule has 0 saturated carbocycles. The van der Waals surface area contributed by atoms with Gasteiger partial charge in [0.05, 0.1) is 12.7 Å². The first-order valence-corrected chi connectivity index (χ1v) is 9.21. The van der Waals surface area contributed by atoms with E-state index in [4.69, 9.17) is 9.47 Å². The van der Waals surface area contributed by atoms with E-state index in [1.165, 1.54) is 18.9 Å². The van der Waals surface area contributed by atoms with Crippen molar-refractivity contribution in [1.29, 1.82) is 0 Å². The highest BCUT2D eigenvalue weighted by Gasteiger charge is 2.09. The number of carbonyl (C=O) groups excluding carboxylic acids is 1. The molecular formula is C21H32O3. The van der Waals surface area contributed by atoms with Gasteiger partial charge in [0.15, 0.2) is 0 Å². The average Bonchev–Trinajstić information content (AvgIpc) is 2.61. The molecule has 0 bridgehead atoms. The van der Waals surface area contributed by atoms with Crippen LogP contribution < -0.4 is 4.74 Å². The van der Waals surface area contributed by atoms with Crippen molar-refractivity contribution in [2.75, 3.05) is 6.61 Å². The van der Waals surface area contributed by atoms with E-state index in [2.05, 4.69) is 20.8 Å². The molecule has 2 atom stereocenters. The Morgan fingerprint density at radius 2 is 1.92 bits per heavy atom. The van der Waals surface area contributed by atoms with Crippen LogP contribution in [0.4, 0.5) is 0 Å². The van der Waals surface area contributed by atoms with Gasteiger partial charge < -0.3 is 9.47 Å². The molecule has 0 saturated heterocycles. The monoisotopic (exact) mass is 332 g/mol. The Labute approximate surface area is 147 Å². The maximum absolute atomic E-state index is 12.0. The summed E-state index contributed by atoms with van der Waals surface area (Å²) in [5, 5.41) is 0. The Kier molecular flexibility index (Phi) is 9.90. The van der Waals surface area contributed by atoms with Crippen molar-refractivity contribution in [3.63, 3.8) is 0 Å². The summed E-state index contributed by atoms with van der Waals surface area (Å²) < 4.78 is 11.3. The zero-order chi connectivity index (χ0) is 17.8. The summed E-state index contributed by atoms with van der Waals surface area (Å²) in [6, 6.07) is 7.74. The van der Waals surface area contributed by atoms with Gasteiger partial charge in [-0.3, -0.25) is 0 Å². The van der Waals surface area contributed by atoms with Crippen molar-refractivity contribution in [1.82, 2.24) is 0 Å². The van der Waals surface area contributed by atoms with Crippen LogP contribution in [0.5, 0.6) is 5.75 Å². The molecule has 3 nitrogen and oxygen atoms in total. The molecule has 0 aliphatic carbocycles. The molecule has 0 fully saturated rings. The number of rotatable bonds is 11. The van der Waals surface area contributed by atoms with Crippen LogP contribution in [0.1, 0.15) is 65.4 Å². The number of hydrogen-bond acceptors (Lipinski definition) is 3. The largest absolute Gasteiger partial charge is 0.490 e. The van der Waals surface area contributed by atoms with Gasteiger partial charge >= 0.3 is 5.97 Å². The Morgan fingerprint density at radius 3 is 2.58 bits per heavy atom. The average molecular weight is 332 g/mol.